The number of piperidine rings is 1. The minimum absolute atomic E-state index is 0.228. The summed E-state index contributed by atoms with van der Waals surface area (Å²) < 4.78 is 37.5. The monoisotopic (exact) mass is 621 g/mol. The van der Waals surface area contributed by atoms with E-state index in [-0.39, 0.29) is 30.5 Å². The molecule has 1 aliphatic heterocycles. The van der Waals surface area contributed by atoms with Gasteiger partial charge in [0.05, 0.1) is 29.3 Å². The number of aromatic nitrogens is 2. The third-order valence-corrected chi connectivity index (χ3v) is 7.80. The molecule has 1 aromatic carbocycles. The van der Waals surface area contributed by atoms with Gasteiger partial charge in [-0.3, -0.25) is 9.97 Å². The lowest BCUT2D eigenvalue weighted by Crippen LogP contribution is -2.39. The number of carbonyl (C=O) groups excluding carboxylic acids is 1. The number of pyridine rings is 2. The Hall–Kier alpha value is -3.72. The Morgan fingerprint density at radius 3 is 2.20 bits per heavy atom. The fourth-order valence-electron chi connectivity index (χ4n) is 5.27. The van der Waals surface area contributed by atoms with Gasteiger partial charge in [0, 0.05) is 42.2 Å². The molecule has 0 unspecified atom stereocenters. The third kappa shape index (κ3) is 9.16. The smallest absolute Gasteiger partial charge is 0.340 e. The van der Waals surface area contributed by atoms with Crippen molar-refractivity contribution in [2.45, 2.75) is 93.0 Å². The van der Waals surface area contributed by atoms with Crippen molar-refractivity contribution >= 4 is 11.7 Å². The van der Waals surface area contributed by atoms with Crippen molar-refractivity contribution < 1.29 is 28.1 Å². The third-order valence-electron chi connectivity index (χ3n) is 7.80. The topological polar surface area (TPSA) is 83.0 Å². The molecule has 1 atom stereocenters. The molecule has 0 radical (unpaired) electrons. The zero-order valence-electron chi connectivity index (χ0n) is 28.2. The molecule has 9 heteroatoms. The first kappa shape index (κ1) is 34.2. The van der Waals surface area contributed by atoms with E-state index in [1.807, 2.05) is 59.9 Å². The molecule has 1 aliphatic rings. The number of hydrogen-bond acceptors (Lipinski definition) is 8. The lowest BCUT2D eigenvalue weighted by Gasteiger charge is -2.41. The molecule has 3 heterocycles. The summed E-state index contributed by atoms with van der Waals surface area (Å²) in [6.45, 7) is 19.9. The van der Waals surface area contributed by atoms with Gasteiger partial charge in [-0.1, -0.05) is 19.9 Å². The molecule has 8 nitrogen and oxygen atoms in total. The summed E-state index contributed by atoms with van der Waals surface area (Å²) in [6.07, 6.45) is 4.25. The van der Waals surface area contributed by atoms with Crippen LogP contribution in [0.2, 0.25) is 0 Å². The number of rotatable bonds is 11. The maximum atomic E-state index is 13.8. The Bertz CT molecular complexity index is 1460. The summed E-state index contributed by atoms with van der Waals surface area (Å²) in [6, 6.07) is 8.54. The van der Waals surface area contributed by atoms with Crippen molar-refractivity contribution in [3.63, 3.8) is 0 Å². The SMILES string of the molecule is Cc1ccc(OCCOc2ccc(-c3cnc(C)c([C@H](OC(C)(C)C)C(=O)OC(C)C)c3N3CCC(C)(C)CC3)nc2)cc1F. The van der Waals surface area contributed by atoms with E-state index >= 15 is 0 Å². The van der Waals surface area contributed by atoms with Gasteiger partial charge in [0.2, 0.25) is 0 Å². The Morgan fingerprint density at radius 2 is 1.62 bits per heavy atom. The highest BCUT2D eigenvalue weighted by molar-refractivity contribution is 5.86. The molecule has 0 spiro atoms. The first-order valence-electron chi connectivity index (χ1n) is 15.7. The van der Waals surface area contributed by atoms with Crippen molar-refractivity contribution in [2.75, 3.05) is 31.2 Å². The quantitative estimate of drug-likeness (QED) is 0.159. The van der Waals surface area contributed by atoms with Gasteiger partial charge in [0.25, 0.3) is 0 Å². The number of carbonyl (C=O) groups is 1. The van der Waals surface area contributed by atoms with E-state index in [1.54, 1.807) is 25.3 Å². The summed E-state index contributed by atoms with van der Waals surface area (Å²) in [5, 5.41) is 0. The molecule has 1 fully saturated rings. The van der Waals surface area contributed by atoms with E-state index < -0.39 is 17.7 Å². The van der Waals surface area contributed by atoms with Crippen molar-refractivity contribution in [3.05, 3.63) is 65.4 Å². The predicted molar refractivity (Wildman–Crippen MR) is 174 cm³/mol. The van der Waals surface area contributed by atoms with Gasteiger partial charge >= 0.3 is 5.97 Å². The Labute approximate surface area is 267 Å². The van der Waals surface area contributed by atoms with Crippen molar-refractivity contribution in [2.24, 2.45) is 5.41 Å². The van der Waals surface area contributed by atoms with Crippen LogP contribution in [0.25, 0.3) is 11.3 Å². The van der Waals surface area contributed by atoms with E-state index in [4.69, 9.17) is 28.9 Å². The summed E-state index contributed by atoms with van der Waals surface area (Å²) in [4.78, 5) is 25.4. The lowest BCUT2D eigenvalue weighted by molar-refractivity contribution is -0.171. The molecular formula is C36H48FN3O5. The van der Waals surface area contributed by atoms with Crippen LogP contribution in [0.15, 0.2) is 42.7 Å². The zero-order valence-corrected chi connectivity index (χ0v) is 28.2. The molecule has 1 saturated heterocycles. The number of hydrogen-bond donors (Lipinski definition) is 0. The molecular weight excluding hydrogens is 573 g/mol. The van der Waals surface area contributed by atoms with Crippen LogP contribution in [0.1, 0.15) is 84.2 Å². The maximum Gasteiger partial charge on any atom is 0.340 e. The average Bonchev–Trinajstić information content (AvgIpc) is 2.95. The predicted octanol–water partition coefficient (Wildman–Crippen LogP) is 7.79. The van der Waals surface area contributed by atoms with Gasteiger partial charge in [-0.05, 0) is 90.5 Å². The fraction of sp³-hybridized carbons (Fsp3) is 0.528. The largest absolute Gasteiger partial charge is 0.490 e. The van der Waals surface area contributed by atoms with Crippen molar-refractivity contribution in [3.8, 4) is 22.8 Å². The standard InChI is InChI=1S/C36H48FN3O5/c1-23(2)44-34(41)33(45-35(5,6)7)31-25(4)38-22-28(32(31)40-16-14-36(8,9)15-17-40)30-13-12-27(21-39-30)43-19-18-42-26-11-10-24(3)29(37)20-26/h10-13,20-23,33H,14-19H2,1-9H3/t33-/m0/s1. The number of ether oxygens (including phenoxy) is 4. The number of esters is 1. The molecule has 3 aromatic rings. The van der Waals surface area contributed by atoms with Crippen LogP contribution >= 0.6 is 0 Å². The average molecular weight is 622 g/mol. The number of halogens is 1. The van der Waals surface area contributed by atoms with E-state index in [0.29, 0.717) is 34.0 Å². The highest BCUT2D eigenvalue weighted by Crippen LogP contribution is 2.43. The molecule has 45 heavy (non-hydrogen) atoms. The molecule has 0 aliphatic carbocycles. The van der Waals surface area contributed by atoms with E-state index in [0.717, 1.165) is 37.2 Å². The van der Waals surface area contributed by atoms with Crippen molar-refractivity contribution in [1.82, 2.24) is 9.97 Å². The molecule has 0 saturated carbocycles. The van der Waals surface area contributed by atoms with E-state index in [9.17, 15) is 9.18 Å². The summed E-state index contributed by atoms with van der Waals surface area (Å²) >= 11 is 0. The normalized spacial score (nSPS) is 15.6. The van der Waals surface area contributed by atoms with Gasteiger partial charge < -0.3 is 23.8 Å². The van der Waals surface area contributed by atoms with Crippen LogP contribution in [0.3, 0.4) is 0 Å². The highest BCUT2D eigenvalue weighted by Gasteiger charge is 2.37. The first-order valence-corrected chi connectivity index (χ1v) is 15.7. The zero-order chi connectivity index (χ0) is 32.9. The minimum atomic E-state index is -0.964. The second-order valence-electron chi connectivity index (χ2n) is 13.8. The number of benzene rings is 1. The Morgan fingerprint density at radius 1 is 0.978 bits per heavy atom. The van der Waals surface area contributed by atoms with Gasteiger partial charge in [0.15, 0.2) is 6.10 Å². The molecule has 4 rings (SSSR count). The number of anilines is 1. The van der Waals surface area contributed by atoms with Gasteiger partial charge in [-0.15, -0.1) is 0 Å². The van der Waals surface area contributed by atoms with Crippen LogP contribution in [-0.2, 0) is 14.3 Å². The summed E-state index contributed by atoms with van der Waals surface area (Å²) in [5.74, 6) is 0.293. The summed E-state index contributed by atoms with van der Waals surface area (Å²) in [5.41, 5.74) is 4.01. The van der Waals surface area contributed by atoms with E-state index in [2.05, 4.69) is 18.7 Å². The van der Waals surface area contributed by atoms with E-state index in [1.165, 1.54) is 6.07 Å². The van der Waals surface area contributed by atoms with Crippen LogP contribution < -0.4 is 14.4 Å². The van der Waals surface area contributed by atoms with Gasteiger partial charge in [0.1, 0.15) is 30.5 Å². The second-order valence-corrected chi connectivity index (χ2v) is 13.8. The van der Waals surface area contributed by atoms with Crippen LogP contribution in [0.4, 0.5) is 10.1 Å². The molecule has 0 bridgehead atoms. The maximum absolute atomic E-state index is 13.8. The van der Waals surface area contributed by atoms with Crippen LogP contribution in [-0.4, -0.2) is 53.9 Å². The number of nitrogens with zero attached hydrogens (tertiary/aromatic N) is 3. The molecule has 0 amide bonds. The fourth-order valence-corrected chi connectivity index (χ4v) is 5.27. The summed E-state index contributed by atoms with van der Waals surface area (Å²) in [7, 11) is 0. The molecule has 244 valence electrons. The highest BCUT2D eigenvalue weighted by atomic mass is 19.1. The minimum Gasteiger partial charge on any atom is -0.490 e. The van der Waals surface area contributed by atoms with Crippen LogP contribution in [0.5, 0.6) is 11.5 Å². The number of aryl methyl sites for hydroxylation is 2. The lowest BCUT2D eigenvalue weighted by atomic mass is 9.82. The van der Waals surface area contributed by atoms with Gasteiger partial charge in [-0.25, -0.2) is 9.18 Å². The second kappa shape index (κ2) is 14.1. The molecule has 0 N–H and O–H groups in total. The first-order chi connectivity index (χ1) is 21.1. The van der Waals surface area contributed by atoms with Crippen LogP contribution in [0, 0.1) is 25.1 Å². The Balaban J connectivity index is 1.65. The van der Waals surface area contributed by atoms with Crippen molar-refractivity contribution in [1.29, 1.82) is 0 Å². The molecule has 2 aromatic heterocycles. The van der Waals surface area contributed by atoms with Gasteiger partial charge in [-0.2, -0.15) is 0 Å². The Kier molecular flexibility index (Phi) is 10.7.